The van der Waals surface area contributed by atoms with Gasteiger partial charge in [-0.1, -0.05) is 0 Å². The van der Waals surface area contributed by atoms with Gasteiger partial charge in [0.2, 0.25) is 11.5 Å². The molecule has 1 saturated heterocycles. The fourth-order valence-electron chi connectivity index (χ4n) is 5.55. The van der Waals surface area contributed by atoms with Gasteiger partial charge in [0.05, 0.1) is 41.7 Å². The number of aliphatic hydroxyl groups excluding tert-OH is 4. The summed E-state index contributed by atoms with van der Waals surface area (Å²) in [6, 6.07) is 4.96. The zero-order valence-corrected chi connectivity index (χ0v) is 22.2. The second-order valence-electron chi connectivity index (χ2n) is 9.68. The van der Waals surface area contributed by atoms with E-state index in [1.54, 1.807) is 18.2 Å². The highest BCUT2D eigenvalue weighted by Gasteiger charge is 2.44. The molecule has 216 valence electrons. The monoisotopic (exact) mass is 552 g/mol. The van der Waals surface area contributed by atoms with Crippen LogP contribution < -0.4 is 18.9 Å². The van der Waals surface area contributed by atoms with Crippen molar-refractivity contribution in [1.82, 2.24) is 0 Å². The molecule has 0 bridgehead atoms. The van der Waals surface area contributed by atoms with Crippen LogP contribution in [0.5, 0.6) is 34.5 Å². The van der Waals surface area contributed by atoms with Gasteiger partial charge in [-0.25, -0.2) is 0 Å². The number of aromatic hydroxyl groups is 2. The zero-order valence-electron chi connectivity index (χ0n) is 22.2. The molecule has 2 aromatic carbocycles. The fraction of sp³-hybridized carbons (Fsp3) is 0.556. The van der Waals surface area contributed by atoms with E-state index in [2.05, 4.69) is 0 Å². The topological polar surface area (TPSA) is 177 Å². The lowest BCUT2D eigenvalue weighted by Gasteiger charge is -2.42. The Morgan fingerprint density at radius 1 is 0.846 bits per heavy atom. The third kappa shape index (κ3) is 5.28. The minimum Gasteiger partial charge on any atom is -0.502 e. The molecule has 4 rings (SSSR count). The van der Waals surface area contributed by atoms with Gasteiger partial charge >= 0.3 is 0 Å². The number of phenols is 2. The van der Waals surface area contributed by atoms with E-state index in [1.165, 1.54) is 28.4 Å². The minimum absolute atomic E-state index is 0.0542. The van der Waals surface area contributed by atoms with Crippen molar-refractivity contribution in [3.8, 4) is 34.5 Å². The first-order valence-corrected chi connectivity index (χ1v) is 12.5. The third-order valence-electron chi connectivity index (χ3n) is 7.60. The van der Waals surface area contributed by atoms with E-state index in [0.29, 0.717) is 17.5 Å². The Labute approximate surface area is 225 Å². The average molecular weight is 553 g/mol. The summed E-state index contributed by atoms with van der Waals surface area (Å²) in [6.45, 7) is -0.504. The van der Waals surface area contributed by atoms with E-state index in [-0.39, 0.29) is 60.2 Å². The van der Waals surface area contributed by atoms with Gasteiger partial charge in [0.25, 0.3) is 0 Å². The van der Waals surface area contributed by atoms with Crippen molar-refractivity contribution >= 4 is 0 Å². The predicted molar refractivity (Wildman–Crippen MR) is 136 cm³/mol. The Morgan fingerprint density at radius 2 is 1.46 bits per heavy atom. The molecule has 0 aromatic heterocycles. The normalized spacial score (nSPS) is 28.5. The predicted octanol–water partition coefficient (Wildman–Crippen LogP) is 0.500. The van der Waals surface area contributed by atoms with E-state index < -0.39 is 36.4 Å². The highest BCUT2D eigenvalue weighted by atomic mass is 16.7. The summed E-state index contributed by atoms with van der Waals surface area (Å²) < 4.78 is 33.2. The Kier molecular flexibility index (Phi) is 8.94. The molecule has 1 aliphatic carbocycles. The van der Waals surface area contributed by atoms with Gasteiger partial charge in [-0.05, 0) is 47.6 Å². The molecule has 1 aliphatic heterocycles. The van der Waals surface area contributed by atoms with Crippen molar-refractivity contribution < 1.29 is 59.1 Å². The Morgan fingerprint density at radius 3 is 2.03 bits per heavy atom. The fourth-order valence-corrected chi connectivity index (χ4v) is 5.55. The van der Waals surface area contributed by atoms with Gasteiger partial charge in [-0.3, -0.25) is 0 Å². The second kappa shape index (κ2) is 12.0. The van der Waals surface area contributed by atoms with Crippen molar-refractivity contribution in [2.75, 3.05) is 48.3 Å². The van der Waals surface area contributed by atoms with Crippen molar-refractivity contribution in [1.29, 1.82) is 0 Å². The molecule has 39 heavy (non-hydrogen) atoms. The Hall–Kier alpha value is -3.00. The summed E-state index contributed by atoms with van der Waals surface area (Å²) in [6.07, 6.45) is -5.04. The maximum absolute atomic E-state index is 11.0. The van der Waals surface area contributed by atoms with Gasteiger partial charge in [0.1, 0.15) is 18.3 Å². The molecule has 0 saturated carbocycles. The highest BCUT2D eigenvalue weighted by Crippen LogP contribution is 2.54. The molecule has 12 heteroatoms. The minimum atomic E-state index is -1.49. The van der Waals surface area contributed by atoms with Crippen molar-refractivity contribution in [2.24, 2.45) is 11.8 Å². The van der Waals surface area contributed by atoms with Crippen LogP contribution in [-0.2, 0) is 15.9 Å². The summed E-state index contributed by atoms with van der Waals surface area (Å²) in [4.78, 5) is 0. The molecule has 0 radical (unpaired) electrons. The lowest BCUT2D eigenvalue weighted by Crippen LogP contribution is -2.54. The van der Waals surface area contributed by atoms with Crippen LogP contribution in [0.1, 0.15) is 22.6 Å². The van der Waals surface area contributed by atoms with Crippen LogP contribution in [0.2, 0.25) is 0 Å². The number of benzene rings is 2. The molecule has 1 fully saturated rings. The quantitative estimate of drug-likeness (QED) is 0.254. The number of rotatable bonds is 9. The van der Waals surface area contributed by atoms with E-state index in [1.807, 2.05) is 0 Å². The lowest BCUT2D eigenvalue weighted by atomic mass is 9.66. The van der Waals surface area contributed by atoms with Crippen LogP contribution >= 0.6 is 0 Å². The largest absolute Gasteiger partial charge is 0.502 e. The van der Waals surface area contributed by atoms with Crippen molar-refractivity contribution in [2.45, 2.75) is 36.9 Å². The summed E-state index contributed by atoms with van der Waals surface area (Å²) in [5.41, 5.74) is 1.99. The van der Waals surface area contributed by atoms with Crippen LogP contribution in [0.15, 0.2) is 18.2 Å². The first-order valence-electron chi connectivity index (χ1n) is 12.5. The van der Waals surface area contributed by atoms with Crippen LogP contribution in [-0.4, -0.2) is 104 Å². The smallest absolute Gasteiger partial charge is 0.201 e. The summed E-state index contributed by atoms with van der Waals surface area (Å²) in [5, 5.41) is 62.3. The SMILES string of the molecule is COc1cc([C@@H]2c3c(cc(OC)c(O)c3OC)C[C@H](CO)[C@@H]2CO[C@H]2OC[C@@H](O)[C@@H](O)[C@H]2O)cc(OC)c1O. The molecular formula is C27H36O12. The van der Waals surface area contributed by atoms with Gasteiger partial charge in [0.15, 0.2) is 29.3 Å². The number of hydrogen-bond donors (Lipinski definition) is 6. The average Bonchev–Trinajstić information content (AvgIpc) is 2.94. The molecule has 1 heterocycles. The molecule has 0 spiro atoms. The zero-order chi connectivity index (χ0) is 28.4. The number of methoxy groups -OCH3 is 4. The molecular weight excluding hydrogens is 516 g/mol. The van der Waals surface area contributed by atoms with Gasteiger partial charge < -0.3 is 59.1 Å². The van der Waals surface area contributed by atoms with Crippen LogP contribution in [0.4, 0.5) is 0 Å². The van der Waals surface area contributed by atoms with E-state index >= 15 is 0 Å². The van der Waals surface area contributed by atoms with Gasteiger partial charge in [0, 0.05) is 18.1 Å². The number of aliphatic hydroxyl groups is 4. The van der Waals surface area contributed by atoms with E-state index in [0.717, 1.165) is 5.56 Å². The molecule has 6 N–H and O–H groups in total. The number of hydrogen-bond acceptors (Lipinski definition) is 12. The van der Waals surface area contributed by atoms with Crippen molar-refractivity contribution in [3.63, 3.8) is 0 Å². The molecule has 12 nitrogen and oxygen atoms in total. The number of ether oxygens (including phenoxy) is 6. The number of phenolic OH excluding ortho intramolecular Hbond substituents is 2. The summed E-state index contributed by atoms with van der Waals surface area (Å²) >= 11 is 0. The van der Waals surface area contributed by atoms with Crippen molar-refractivity contribution in [3.05, 3.63) is 34.9 Å². The molecule has 2 aromatic rings. The van der Waals surface area contributed by atoms with Crippen LogP contribution in [0, 0.1) is 11.8 Å². The van der Waals surface area contributed by atoms with E-state index in [4.69, 9.17) is 28.4 Å². The molecule has 0 amide bonds. The Bertz CT molecular complexity index is 1130. The molecule has 0 unspecified atom stereocenters. The Balaban J connectivity index is 1.86. The maximum Gasteiger partial charge on any atom is 0.201 e. The summed E-state index contributed by atoms with van der Waals surface area (Å²) in [7, 11) is 5.66. The second-order valence-corrected chi connectivity index (χ2v) is 9.68. The third-order valence-corrected chi connectivity index (χ3v) is 7.60. The molecule has 2 aliphatic rings. The van der Waals surface area contributed by atoms with E-state index in [9.17, 15) is 30.6 Å². The van der Waals surface area contributed by atoms with Gasteiger partial charge in [-0.2, -0.15) is 0 Å². The highest BCUT2D eigenvalue weighted by molar-refractivity contribution is 5.64. The first kappa shape index (κ1) is 29.0. The maximum atomic E-state index is 11.0. The standard InChI is InChI=1S/C27H36O12/c1-34-17-7-13(8-18(35-2)23(17)31)20-15(10-38-27-25(33)22(30)16(29)11-39-27)14(9-28)5-12-6-19(36-3)24(32)26(37-4)21(12)20/h6-8,14-16,20,22,25,27-33H,5,9-11H2,1-4H3/t14-,15+,16-,20+,22-,25-,27+/m1/s1. The summed E-state index contributed by atoms with van der Waals surface area (Å²) in [5.74, 6) is -1.16. The number of fused-ring (bicyclic) bond motifs is 1. The van der Waals surface area contributed by atoms with Crippen LogP contribution in [0.25, 0.3) is 0 Å². The molecule has 7 atom stereocenters. The first-order chi connectivity index (χ1) is 18.7. The van der Waals surface area contributed by atoms with Crippen LogP contribution in [0.3, 0.4) is 0 Å². The lowest BCUT2D eigenvalue weighted by molar-refractivity contribution is -0.274. The van der Waals surface area contributed by atoms with Gasteiger partial charge in [-0.15, -0.1) is 0 Å².